The van der Waals surface area contributed by atoms with Gasteiger partial charge in [0.2, 0.25) is 0 Å². The molecule has 0 saturated carbocycles. The number of nitrogens with one attached hydrogen (secondary N) is 1. The third-order valence-corrected chi connectivity index (χ3v) is 5.35. The van der Waals surface area contributed by atoms with E-state index in [9.17, 15) is 31.7 Å². The van der Waals surface area contributed by atoms with Gasteiger partial charge in [0.15, 0.2) is 29.7 Å². The van der Waals surface area contributed by atoms with Crippen molar-refractivity contribution in [3.05, 3.63) is 76.3 Å². The lowest BCUT2D eigenvalue weighted by Crippen LogP contribution is -2.42. The van der Waals surface area contributed by atoms with Crippen molar-refractivity contribution in [1.82, 2.24) is 4.98 Å². The summed E-state index contributed by atoms with van der Waals surface area (Å²) in [6.07, 6.45) is -3.15. The second-order valence-electron chi connectivity index (χ2n) is 8.12. The highest BCUT2D eigenvalue weighted by molar-refractivity contribution is 6.07. The summed E-state index contributed by atoms with van der Waals surface area (Å²) in [5.41, 5.74) is 0.972. The molecule has 0 aliphatic carbocycles. The molecule has 1 N–H and O–H groups in total. The summed E-state index contributed by atoms with van der Waals surface area (Å²) in [6.45, 7) is -0.148. The summed E-state index contributed by atoms with van der Waals surface area (Å²) < 4.78 is 75.5. The molecule has 0 radical (unpaired) electrons. The second kappa shape index (κ2) is 10.4. The van der Waals surface area contributed by atoms with Crippen molar-refractivity contribution in [1.29, 1.82) is 0 Å². The third-order valence-electron chi connectivity index (χ3n) is 5.35. The first-order chi connectivity index (χ1) is 17.6. The highest BCUT2D eigenvalue weighted by Crippen LogP contribution is 2.41. The molecule has 37 heavy (non-hydrogen) atoms. The van der Waals surface area contributed by atoms with Gasteiger partial charge in [-0.3, -0.25) is 4.79 Å². The number of ether oxygens (including phenoxy) is 2. The number of hydrogen-bond acceptors (Lipinski definition) is 7. The number of para-hydroxylation sites is 1. The molecule has 1 aromatic heterocycles. The lowest BCUT2D eigenvalue weighted by molar-refractivity contribution is -0.154. The summed E-state index contributed by atoms with van der Waals surface area (Å²) >= 11 is 0. The maximum Gasteiger partial charge on any atom is 0.422 e. The van der Waals surface area contributed by atoms with Crippen LogP contribution in [0.2, 0.25) is 0 Å². The Labute approximate surface area is 207 Å². The topological polar surface area (TPSA) is 93.1 Å². The zero-order chi connectivity index (χ0) is 26.7. The van der Waals surface area contributed by atoms with Crippen molar-refractivity contribution >= 4 is 23.1 Å². The highest BCUT2D eigenvalue weighted by Gasteiger charge is 2.33. The first kappa shape index (κ1) is 25.8. The molecule has 13 heteroatoms. The number of aromatic nitrogens is 1. The van der Waals surface area contributed by atoms with Crippen LogP contribution in [0, 0.1) is 23.5 Å². The fraction of sp³-hybridized carbons (Fsp3) is 0.250. The predicted molar refractivity (Wildman–Crippen MR) is 123 cm³/mol. The van der Waals surface area contributed by atoms with Crippen LogP contribution in [0.5, 0.6) is 11.5 Å². The van der Waals surface area contributed by atoms with Crippen LogP contribution >= 0.6 is 0 Å². The number of fused-ring (bicyclic) bond motifs is 1. The number of amides is 1. The number of aryl methyl sites for hydroxylation is 1. The molecule has 1 amide bonds. The van der Waals surface area contributed by atoms with Gasteiger partial charge >= 0.3 is 6.18 Å². The van der Waals surface area contributed by atoms with Crippen molar-refractivity contribution in [3.8, 4) is 11.5 Å². The van der Waals surface area contributed by atoms with Gasteiger partial charge in [0.25, 0.3) is 5.91 Å². The Morgan fingerprint density at radius 1 is 1.22 bits per heavy atom. The molecule has 1 aliphatic heterocycles. The normalized spacial score (nSPS) is 15.0. The van der Waals surface area contributed by atoms with Crippen LogP contribution in [0.25, 0.3) is 0 Å². The maximum atomic E-state index is 14.2. The minimum atomic E-state index is -4.79. The Hall–Kier alpha value is -4.29. The van der Waals surface area contributed by atoms with E-state index in [1.54, 1.807) is 29.3 Å². The molecule has 0 unspecified atom stereocenters. The van der Waals surface area contributed by atoms with E-state index in [0.29, 0.717) is 23.6 Å². The largest absolute Gasteiger partial charge is 0.488 e. The average Bonchev–Trinajstić information content (AvgIpc) is 2.83. The Bertz CT molecular complexity index is 1290. The van der Waals surface area contributed by atoms with E-state index in [1.807, 2.05) is 13.0 Å². The number of carbonyl (C=O) groups is 1. The summed E-state index contributed by atoms with van der Waals surface area (Å²) in [4.78, 5) is 30.2. The van der Waals surface area contributed by atoms with E-state index < -0.39 is 42.1 Å². The minimum Gasteiger partial charge on any atom is -0.488 e. The Balaban J connectivity index is 1.63. The van der Waals surface area contributed by atoms with E-state index in [2.05, 4.69) is 20.2 Å². The van der Waals surface area contributed by atoms with Crippen molar-refractivity contribution in [3.63, 3.8) is 0 Å². The summed E-state index contributed by atoms with van der Waals surface area (Å²) in [7, 11) is 0. The van der Waals surface area contributed by atoms with Gasteiger partial charge in [-0.15, -0.1) is 0 Å². The quantitative estimate of drug-likeness (QED) is 0.324. The number of carbonyl (C=O) groups excluding carboxylic acids is 1. The number of nitroso groups, excluding NO2 is 1. The molecule has 8 nitrogen and oxygen atoms in total. The average molecular weight is 522 g/mol. The zero-order valence-electron chi connectivity index (χ0n) is 19.2. The smallest absolute Gasteiger partial charge is 0.422 e. The number of rotatable bonds is 7. The molecular formula is C24H19F5N4O4. The zero-order valence-corrected chi connectivity index (χ0v) is 19.2. The Kier molecular flexibility index (Phi) is 7.23. The van der Waals surface area contributed by atoms with Gasteiger partial charge in [0.1, 0.15) is 19.0 Å². The number of hydrogen-bond donors (Lipinski definition) is 1. The Morgan fingerprint density at radius 3 is 2.57 bits per heavy atom. The number of benzene rings is 2. The van der Waals surface area contributed by atoms with Gasteiger partial charge in [-0.05, 0) is 30.7 Å². The van der Waals surface area contributed by atoms with E-state index in [4.69, 9.17) is 4.74 Å². The fourth-order valence-electron chi connectivity index (χ4n) is 3.75. The van der Waals surface area contributed by atoms with Crippen LogP contribution in [0.15, 0.2) is 53.8 Å². The summed E-state index contributed by atoms with van der Waals surface area (Å²) in [5, 5.41) is 5.28. The van der Waals surface area contributed by atoms with Crippen LogP contribution in [0.4, 0.5) is 39.1 Å². The fourth-order valence-corrected chi connectivity index (χ4v) is 3.75. The lowest BCUT2D eigenvalue weighted by atomic mass is 10.1. The number of halogens is 5. The number of anilines is 3. The predicted octanol–water partition coefficient (Wildman–Crippen LogP) is 5.53. The molecule has 2 heterocycles. The van der Waals surface area contributed by atoms with E-state index in [-0.39, 0.29) is 30.2 Å². The molecule has 1 atom stereocenters. The van der Waals surface area contributed by atoms with Crippen molar-refractivity contribution in [2.45, 2.75) is 19.1 Å². The maximum absolute atomic E-state index is 14.2. The van der Waals surface area contributed by atoms with Gasteiger partial charge in [-0.2, -0.15) is 18.1 Å². The van der Waals surface area contributed by atoms with Crippen molar-refractivity contribution in [2.75, 3.05) is 30.0 Å². The van der Waals surface area contributed by atoms with E-state index in [0.717, 1.165) is 5.56 Å². The number of alkyl halides is 3. The standard InChI is InChI=1S/C24H19F5N4O4/c1-13-5-6-20(30-9-13)33-15(10-31-35)11-36-21-16(3-2-4-19(21)33)23(34)32-14-7-17(25)22(18(26)8-14)37-12-24(27,28)29/h2-9,15H,10-12H2,1H3,(H,32,34)/t15-/m0/s1. The molecule has 0 fully saturated rings. The molecule has 194 valence electrons. The summed E-state index contributed by atoms with van der Waals surface area (Å²) in [5.74, 6) is -4.25. The van der Waals surface area contributed by atoms with Gasteiger partial charge in [-0.1, -0.05) is 17.3 Å². The van der Waals surface area contributed by atoms with E-state index >= 15 is 0 Å². The van der Waals surface area contributed by atoms with E-state index in [1.165, 1.54) is 6.07 Å². The first-order valence-electron chi connectivity index (χ1n) is 10.8. The lowest BCUT2D eigenvalue weighted by Gasteiger charge is -2.37. The monoisotopic (exact) mass is 522 g/mol. The van der Waals surface area contributed by atoms with Crippen LogP contribution in [0.1, 0.15) is 15.9 Å². The van der Waals surface area contributed by atoms with Crippen molar-refractivity contribution in [2.24, 2.45) is 5.18 Å². The van der Waals surface area contributed by atoms with Gasteiger partial charge in [0.05, 0.1) is 17.3 Å². The molecule has 0 saturated heterocycles. The van der Waals surface area contributed by atoms with Gasteiger partial charge < -0.3 is 19.7 Å². The number of nitrogens with zero attached hydrogens (tertiary/aromatic N) is 3. The van der Waals surface area contributed by atoms with Crippen molar-refractivity contribution < 1.29 is 36.2 Å². The van der Waals surface area contributed by atoms with Crippen LogP contribution in [-0.2, 0) is 0 Å². The Morgan fingerprint density at radius 2 is 1.95 bits per heavy atom. The van der Waals surface area contributed by atoms with Crippen LogP contribution in [0.3, 0.4) is 0 Å². The second-order valence-corrected chi connectivity index (χ2v) is 8.12. The minimum absolute atomic E-state index is 0.00494. The third kappa shape index (κ3) is 5.76. The first-order valence-corrected chi connectivity index (χ1v) is 10.8. The molecule has 2 aromatic carbocycles. The molecule has 0 spiro atoms. The molecular weight excluding hydrogens is 503 g/mol. The molecule has 1 aliphatic rings. The molecule has 3 aromatic rings. The van der Waals surface area contributed by atoms with Crippen LogP contribution in [-0.4, -0.2) is 42.9 Å². The van der Waals surface area contributed by atoms with Gasteiger partial charge in [0, 0.05) is 24.0 Å². The van der Waals surface area contributed by atoms with Crippen LogP contribution < -0.4 is 19.7 Å². The van der Waals surface area contributed by atoms with Gasteiger partial charge in [-0.25, -0.2) is 13.8 Å². The highest BCUT2D eigenvalue weighted by atomic mass is 19.4. The molecule has 0 bridgehead atoms. The molecule has 4 rings (SSSR count). The SMILES string of the molecule is Cc1ccc(N2c3cccc(C(=O)Nc4cc(F)c(OCC(F)(F)F)c(F)c4)c3OC[C@@H]2CN=O)nc1. The number of pyridine rings is 1. The summed E-state index contributed by atoms with van der Waals surface area (Å²) in [6, 6.07) is 8.94.